The van der Waals surface area contributed by atoms with Gasteiger partial charge in [-0.05, 0) is 37.7 Å². The quantitative estimate of drug-likeness (QED) is 0.773. The fourth-order valence-corrected chi connectivity index (χ4v) is 2.32. The normalized spacial score (nSPS) is 11.3. The number of rotatable bonds is 7. The number of likely N-dealkylation sites (N-methyl/N-ethyl adjacent to an activating group) is 1. The van der Waals surface area contributed by atoms with Crippen LogP contribution in [0.5, 0.6) is 0 Å². The van der Waals surface area contributed by atoms with Gasteiger partial charge in [0.25, 0.3) is 0 Å². The summed E-state index contributed by atoms with van der Waals surface area (Å²) in [5.74, 6) is 0.620. The predicted molar refractivity (Wildman–Crippen MR) is 84.8 cm³/mol. The molecule has 0 fully saturated rings. The number of nitriles is 1. The van der Waals surface area contributed by atoms with Crippen LogP contribution in [0.4, 0.5) is 0 Å². The number of benzene rings is 1. The van der Waals surface area contributed by atoms with Crippen LogP contribution in [0.25, 0.3) is 0 Å². The summed E-state index contributed by atoms with van der Waals surface area (Å²) in [4.78, 5) is 4.60. The lowest BCUT2D eigenvalue weighted by Gasteiger charge is -2.26. The van der Waals surface area contributed by atoms with Gasteiger partial charge in [0, 0.05) is 31.2 Å². The van der Waals surface area contributed by atoms with Crippen molar-refractivity contribution in [3.63, 3.8) is 0 Å². The van der Waals surface area contributed by atoms with E-state index in [2.05, 4.69) is 43.8 Å². The monoisotopic (exact) mass is 293 g/mol. The minimum Gasteiger partial charge on any atom is -0.308 e. The molecule has 4 heteroatoms. The van der Waals surface area contributed by atoms with Crippen LogP contribution in [0.2, 0.25) is 5.02 Å². The highest BCUT2D eigenvalue weighted by atomic mass is 35.5. The Morgan fingerprint density at radius 3 is 2.45 bits per heavy atom. The second-order valence-corrected chi connectivity index (χ2v) is 6.26. The van der Waals surface area contributed by atoms with Gasteiger partial charge in [-0.1, -0.05) is 31.5 Å². The van der Waals surface area contributed by atoms with Crippen LogP contribution >= 0.6 is 11.6 Å². The molecule has 0 heterocycles. The van der Waals surface area contributed by atoms with E-state index in [4.69, 9.17) is 16.9 Å². The molecule has 0 radical (unpaired) electrons. The highest BCUT2D eigenvalue weighted by Crippen LogP contribution is 2.19. The van der Waals surface area contributed by atoms with Gasteiger partial charge >= 0.3 is 0 Å². The highest BCUT2D eigenvalue weighted by molar-refractivity contribution is 6.31. The summed E-state index contributed by atoms with van der Waals surface area (Å²) in [6.07, 6.45) is 0. The zero-order valence-electron chi connectivity index (χ0n) is 12.9. The third kappa shape index (κ3) is 5.92. The van der Waals surface area contributed by atoms with Gasteiger partial charge in [0.05, 0.1) is 11.6 Å². The summed E-state index contributed by atoms with van der Waals surface area (Å²) in [6.45, 7) is 8.37. The van der Waals surface area contributed by atoms with Crippen LogP contribution in [0, 0.1) is 17.2 Å². The Morgan fingerprint density at radius 1 is 1.25 bits per heavy atom. The lowest BCUT2D eigenvalue weighted by atomic mass is 10.1. The molecule has 1 aromatic carbocycles. The molecule has 0 amide bonds. The summed E-state index contributed by atoms with van der Waals surface area (Å²) in [5.41, 5.74) is 1.70. The summed E-state index contributed by atoms with van der Waals surface area (Å²) >= 11 is 6.26. The number of hydrogen-bond acceptors (Lipinski definition) is 3. The molecule has 0 unspecified atom stereocenters. The second-order valence-electron chi connectivity index (χ2n) is 5.85. The SMILES string of the molecule is CC(C)CN(CCN(C)C)Cc1ccc(C#N)cc1Cl. The molecular weight excluding hydrogens is 270 g/mol. The molecule has 0 atom stereocenters. The van der Waals surface area contributed by atoms with Gasteiger partial charge in [-0.2, -0.15) is 5.26 Å². The van der Waals surface area contributed by atoms with Gasteiger partial charge in [-0.3, -0.25) is 4.90 Å². The maximum atomic E-state index is 8.87. The summed E-state index contributed by atoms with van der Waals surface area (Å²) in [5, 5.41) is 9.56. The van der Waals surface area contributed by atoms with Crippen molar-refractivity contribution in [2.24, 2.45) is 5.92 Å². The van der Waals surface area contributed by atoms with Gasteiger partial charge in [0.1, 0.15) is 0 Å². The summed E-state index contributed by atoms with van der Waals surface area (Å²) in [6, 6.07) is 7.66. The van der Waals surface area contributed by atoms with E-state index in [1.807, 2.05) is 12.1 Å². The zero-order chi connectivity index (χ0) is 15.1. The maximum Gasteiger partial charge on any atom is 0.0992 e. The molecule has 0 bridgehead atoms. The Kier molecular flexibility index (Phi) is 7.01. The zero-order valence-corrected chi connectivity index (χ0v) is 13.6. The smallest absolute Gasteiger partial charge is 0.0992 e. The van der Waals surface area contributed by atoms with Crippen LogP contribution in [-0.2, 0) is 6.54 Å². The van der Waals surface area contributed by atoms with Gasteiger partial charge < -0.3 is 4.90 Å². The van der Waals surface area contributed by atoms with Crippen LogP contribution < -0.4 is 0 Å². The van der Waals surface area contributed by atoms with Crippen molar-refractivity contribution in [3.8, 4) is 6.07 Å². The molecule has 1 aromatic rings. The van der Waals surface area contributed by atoms with E-state index in [0.29, 0.717) is 16.5 Å². The maximum absolute atomic E-state index is 8.87. The van der Waals surface area contributed by atoms with E-state index >= 15 is 0 Å². The van der Waals surface area contributed by atoms with Crippen LogP contribution in [0.3, 0.4) is 0 Å². The van der Waals surface area contributed by atoms with E-state index < -0.39 is 0 Å². The molecule has 0 saturated heterocycles. The first-order valence-corrected chi connectivity index (χ1v) is 7.35. The van der Waals surface area contributed by atoms with Crippen molar-refractivity contribution in [3.05, 3.63) is 34.3 Å². The Balaban J connectivity index is 2.75. The third-order valence-corrected chi connectivity index (χ3v) is 3.41. The Labute approximate surface area is 127 Å². The van der Waals surface area contributed by atoms with Crippen molar-refractivity contribution < 1.29 is 0 Å². The summed E-state index contributed by atoms with van der Waals surface area (Å²) in [7, 11) is 4.17. The minimum absolute atomic E-state index is 0.613. The van der Waals surface area contributed by atoms with Crippen molar-refractivity contribution >= 4 is 11.6 Å². The fourth-order valence-electron chi connectivity index (χ4n) is 2.08. The highest BCUT2D eigenvalue weighted by Gasteiger charge is 2.11. The van der Waals surface area contributed by atoms with E-state index in [0.717, 1.165) is 31.7 Å². The first kappa shape index (κ1) is 17.0. The molecule has 1 rings (SSSR count). The van der Waals surface area contributed by atoms with Crippen molar-refractivity contribution in [2.45, 2.75) is 20.4 Å². The first-order valence-electron chi connectivity index (χ1n) is 6.98. The molecular formula is C16H24ClN3. The molecule has 0 spiro atoms. The molecule has 0 saturated carbocycles. The van der Waals surface area contributed by atoms with Gasteiger partial charge in [-0.15, -0.1) is 0 Å². The Morgan fingerprint density at radius 2 is 1.95 bits per heavy atom. The van der Waals surface area contributed by atoms with Crippen LogP contribution in [0.15, 0.2) is 18.2 Å². The van der Waals surface area contributed by atoms with E-state index in [1.54, 1.807) is 6.07 Å². The molecule has 0 aromatic heterocycles. The molecule has 0 aliphatic rings. The van der Waals surface area contributed by atoms with Crippen LogP contribution in [-0.4, -0.2) is 43.5 Å². The average molecular weight is 294 g/mol. The Hall–Kier alpha value is -1.08. The van der Waals surface area contributed by atoms with Gasteiger partial charge in [0.2, 0.25) is 0 Å². The number of nitrogens with zero attached hydrogens (tertiary/aromatic N) is 3. The molecule has 0 aliphatic carbocycles. The standard InChI is InChI=1S/C16H24ClN3/c1-13(2)11-20(8-7-19(3)4)12-15-6-5-14(10-18)9-16(15)17/h5-6,9,13H,7-8,11-12H2,1-4H3. The molecule has 0 aliphatic heterocycles. The van der Waals surface area contributed by atoms with Crippen LogP contribution in [0.1, 0.15) is 25.0 Å². The first-order chi connectivity index (χ1) is 9.42. The fraction of sp³-hybridized carbons (Fsp3) is 0.562. The molecule has 20 heavy (non-hydrogen) atoms. The third-order valence-electron chi connectivity index (χ3n) is 3.06. The summed E-state index contributed by atoms with van der Waals surface area (Å²) < 4.78 is 0. The minimum atomic E-state index is 0.613. The lowest BCUT2D eigenvalue weighted by Crippen LogP contribution is -2.34. The number of hydrogen-bond donors (Lipinski definition) is 0. The van der Waals surface area contributed by atoms with Crippen molar-refractivity contribution in [2.75, 3.05) is 33.7 Å². The predicted octanol–water partition coefficient (Wildman–Crippen LogP) is 3.23. The number of halogens is 1. The van der Waals surface area contributed by atoms with Crippen molar-refractivity contribution in [1.29, 1.82) is 5.26 Å². The molecule has 3 nitrogen and oxygen atoms in total. The largest absolute Gasteiger partial charge is 0.308 e. The molecule has 0 N–H and O–H groups in total. The van der Waals surface area contributed by atoms with E-state index in [-0.39, 0.29) is 0 Å². The van der Waals surface area contributed by atoms with Crippen molar-refractivity contribution in [1.82, 2.24) is 9.80 Å². The topological polar surface area (TPSA) is 30.3 Å². The Bertz CT molecular complexity index is 463. The molecule has 110 valence electrons. The second kappa shape index (κ2) is 8.26. The van der Waals surface area contributed by atoms with Gasteiger partial charge in [0.15, 0.2) is 0 Å². The van der Waals surface area contributed by atoms with Gasteiger partial charge in [-0.25, -0.2) is 0 Å². The lowest BCUT2D eigenvalue weighted by molar-refractivity contribution is 0.212. The average Bonchev–Trinajstić information content (AvgIpc) is 2.37. The van der Waals surface area contributed by atoms with E-state index in [1.165, 1.54) is 0 Å². The van der Waals surface area contributed by atoms with E-state index in [9.17, 15) is 0 Å².